The van der Waals surface area contributed by atoms with Gasteiger partial charge in [0.25, 0.3) is 0 Å². The molecule has 2 aromatic carbocycles. The van der Waals surface area contributed by atoms with Gasteiger partial charge in [-0.1, -0.05) is 32.0 Å². The van der Waals surface area contributed by atoms with E-state index in [1.165, 1.54) is 22.6 Å². The topological polar surface area (TPSA) is 75.3 Å². The number of benzene rings is 2. The number of aromatic nitrogens is 2. The third-order valence-corrected chi connectivity index (χ3v) is 6.39. The van der Waals surface area contributed by atoms with Crippen LogP contribution in [0.1, 0.15) is 37.8 Å². The predicted molar refractivity (Wildman–Crippen MR) is 121 cm³/mol. The minimum atomic E-state index is -4.44. The Hall–Kier alpha value is -3.01. The van der Waals surface area contributed by atoms with Crippen molar-refractivity contribution in [3.8, 4) is 17.0 Å². The van der Waals surface area contributed by atoms with Gasteiger partial charge >= 0.3 is 6.18 Å². The van der Waals surface area contributed by atoms with E-state index in [1.54, 1.807) is 24.3 Å². The maximum absolute atomic E-state index is 12.9. The van der Waals surface area contributed by atoms with E-state index in [2.05, 4.69) is 10.2 Å². The molecule has 178 valence electrons. The number of nitrogens with zero attached hydrogens (tertiary/aromatic N) is 2. The number of hydrogen-bond acceptors (Lipinski definition) is 4. The van der Waals surface area contributed by atoms with Crippen LogP contribution in [-0.4, -0.2) is 31.0 Å². The molecule has 10 heteroatoms. The number of sulfonamides is 1. The molecule has 1 N–H and O–H groups in total. The van der Waals surface area contributed by atoms with Crippen LogP contribution in [0.4, 0.5) is 18.9 Å². The molecule has 3 rings (SSSR count). The largest absolute Gasteiger partial charge is 0.490 e. The molecule has 3 aromatic rings. The number of hydrogen-bond donors (Lipinski definition) is 1. The lowest BCUT2D eigenvalue weighted by molar-refractivity contribution is -0.137. The summed E-state index contributed by atoms with van der Waals surface area (Å²) in [5.74, 6) is 0.560. The second-order valence-electron chi connectivity index (χ2n) is 7.67. The van der Waals surface area contributed by atoms with Gasteiger partial charge in [0, 0.05) is 11.6 Å². The van der Waals surface area contributed by atoms with Crippen LogP contribution >= 0.6 is 0 Å². The van der Waals surface area contributed by atoms with Crippen LogP contribution in [0.25, 0.3) is 11.3 Å². The Bertz CT molecular complexity index is 1170. The Labute approximate surface area is 191 Å². The summed E-state index contributed by atoms with van der Waals surface area (Å²) in [5.41, 5.74) is 1.09. The summed E-state index contributed by atoms with van der Waals surface area (Å²) in [4.78, 5) is 0. The van der Waals surface area contributed by atoms with E-state index in [9.17, 15) is 21.6 Å². The summed E-state index contributed by atoms with van der Waals surface area (Å²) in [6, 6.07) is 11.4. The maximum Gasteiger partial charge on any atom is 0.416 e. The molecule has 0 saturated heterocycles. The van der Waals surface area contributed by atoms with Crippen LogP contribution in [0.3, 0.4) is 0 Å². The third kappa shape index (κ3) is 6.07. The Kier molecular flexibility index (Phi) is 7.36. The minimum Gasteiger partial charge on any atom is -0.490 e. The summed E-state index contributed by atoms with van der Waals surface area (Å²) in [6.07, 6.45) is -0.213. The van der Waals surface area contributed by atoms with Gasteiger partial charge in [-0.2, -0.15) is 18.3 Å². The lowest BCUT2D eigenvalue weighted by Crippen LogP contribution is -2.29. The highest BCUT2D eigenvalue weighted by Crippen LogP contribution is 2.32. The van der Waals surface area contributed by atoms with Crippen molar-refractivity contribution >= 4 is 15.7 Å². The van der Waals surface area contributed by atoms with Gasteiger partial charge in [-0.3, -0.25) is 9.40 Å². The van der Waals surface area contributed by atoms with Gasteiger partial charge in [-0.25, -0.2) is 8.42 Å². The van der Waals surface area contributed by atoms with Crippen molar-refractivity contribution < 1.29 is 26.3 Å². The number of H-pyrrole nitrogens is 1. The van der Waals surface area contributed by atoms with E-state index < -0.39 is 21.8 Å². The first-order valence-corrected chi connectivity index (χ1v) is 12.3. The highest BCUT2D eigenvalue weighted by molar-refractivity contribution is 7.92. The Morgan fingerprint density at radius 1 is 1.09 bits per heavy atom. The zero-order valence-corrected chi connectivity index (χ0v) is 19.4. The molecular weight excluding hydrogens is 455 g/mol. The molecule has 1 heterocycles. The van der Waals surface area contributed by atoms with Crippen molar-refractivity contribution in [2.75, 3.05) is 10.6 Å². The second kappa shape index (κ2) is 9.86. The van der Waals surface area contributed by atoms with Crippen LogP contribution in [0.15, 0.2) is 54.7 Å². The molecule has 0 radical (unpaired) electrons. The fraction of sp³-hybridized carbons (Fsp3) is 0.348. The molecule has 0 spiro atoms. The first-order chi connectivity index (χ1) is 15.5. The molecule has 0 aliphatic carbocycles. The Morgan fingerprint density at radius 2 is 1.76 bits per heavy atom. The number of ether oxygens (including phenoxy) is 1. The number of aromatic amines is 1. The van der Waals surface area contributed by atoms with Crippen LogP contribution in [-0.2, 0) is 22.7 Å². The summed E-state index contributed by atoms with van der Waals surface area (Å²) in [5, 5.41) is 6.75. The van der Waals surface area contributed by atoms with Crippen molar-refractivity contribution in [2.24, 2.45) is 0 Å². The molecule has 0 aliphatic rings. The quantitative estimate of drug-likeness (QED) is 0.430. The van der Waals surface area contributed by atoms with Crippen molar-refractivity contribution in [1.82, 2.24) is 10.2 Å². The average Bonchev–Trinajstić information content (AvgIpc) is 3.23. The summed E-state index contributed by atoms with van der Waals surface area (Å²) < 4.78 is 71.1. The molecule has 0 unspecified atom stereocenters. The van der Waals surface area contributed by atoms with Gasteiger partial charge < -0.3 is 4.74 Å². The van der Waals surface area contributed by atoms with Gasteiger partial charge in [0.05, 0.1) is 42.0 Å². The third-order valence-electron chi connectivity index (χ3n) is 5.25. The van der Waals surface area contributed by atoms with Crippen molar-refractivity contribution in [3.05, 3.63) is 65.9 Å². The predicted octanol–water partition coefficient (Wildman–Crippen LogP) is 5.63. The van der Waals surface area contributed by atoms with E-state index in [-0.39, 0.29) is 12.6 Å². The molecule has 33 heavy (non-hydrogen) atoms. The number of anilines is 1. The summed E-state index contributed by atoms with van der Waals surface area (Å²) in [7, 11) is -3.69. The lowest BCUT2D eigenvalue weighted by atomic mass is 10.1. The Morgan fingerprint density at radius 3 is 2.33 bits per heavy atom. The van der Waals surface area contributed by atoms with E-state index in [0.29, 0.717) is 28.3 Å². The summed E-state index contributed by atoms with van der Waals surface area (Å²) in [6.45, 7) is 3.98. The van der Waals surface area contributed by atoms with E-state index in [0.717, 1.165) is 31.2 Å². The zero-order chi connectivity index (χ0) is 24.2. The second-order valence-corrected chi connectivity index (χ2v) is 9.58. The standard InChI is InChI=1S/C23H26F3N3O3S/c1-4-20(5-2)32-21-8-6-7-19(13-21)29(33(3,30)31)15-17-14-27-28-22(17)16-9-11-18(12-10-16)23(24,25)26/h6-14,20H,4-5,15H2,1-3H3,(H,27,28). The van der Waals surface area contributed by atoms with Gasteiger partial charge in [-0.05, 0) is 42.7 Å². The van der Waals surface area contributed by atoms with Crippen molar-refractivity contribution in [1.29, 1.82) is 0 Å². The smallest absolute Gasteiger partial charge is 0.416 e. The van der Waals surface area contributed by atoms with Crippen LogP contribution in [0.5, 0.6) is 5.75 Å². The van der Waals surface area contributed by atoms with Crippen LogP contribution < -0.4 is 9.04 Å². The highest BCUT2D eigenvalue weighted by atomic mass is 32.2. The maximum atomic E-state index is 12.9. The van der Waals surface area contributed by atoms with Gasteiger partial charge in [0.15, 0.2) is 0 Å². The molecule has 0 saturated carbocycles. The van der Waals surface area contributed by atoms with E-state index in [1.807, 2.05) is 13.8 Å². The fourth-order valence-corrected chi connectivity index (χ4v) is 4.29. The average molecular weight is 482 g/mol. The number of rotatable bonds is 9. The van der Waals surface area contributed by atoms with E-state index >= 15 is 0 Å². The lowest BCUT2D eigenvalue weighted by Gasteiger charge is -2.24. The van der Waals surface area contributed by atoms with Crippen LogP contribution in [0.2, 0.25) is 0 Å². The highest BCUT2D eigenvalue weighted by Gasteiger charge is 2.30. The van der Waals surface area contributed by atoms with Gasteiger partial charge in [0.1, 0.15) is 5.75 Å². The van der Waals surface area contributed by atoms with Crippen molar-refractivity contribution in [3.63, 3.8) is 0 Å². The number of halogens is 3. The normalized spacial score (nSPS) is 12.2. The Balaban J connectivity index is 1.92. The molecule has 6 nitrogen and oxygen atoms in total. The minimum absolute atomic E-state index is 0.0204. The molecule has 0 fully saturated rings. The van der Waals surface area contributed by atoms with E-state index in [4.69, 9.17) is 4.74 Å². The fourth-order valence-electron chi connectivity index (χ4n) is 3.42. The molecule has 0 aliphatic heterocycles. The van der Waals surface area contributed by atoms with Crippen LogP contribution in [0, 0.1) is 0 Å². The van der Waals surface area contributed by atoms with Gasteiger partial charge in [-0.15, -0.1) is 0 Å². The van der Waals surface area contributed by atoms with Crippen molar-refractivity contribution in [2.45, 2.75) is 45.5 Å². The molecule has 1 aromatic heterocycles. The molecule has 0 amide bonds. The molecule has 0 bridgehead atoms. The molecular formula is C23H26F3N3O3S. The van der Waals surface area contributed by atoms with Gasteiger partial charge in [0.2, 0.25) is 10.0 Å². The zero-order valence-electron chi connectivity index (χ0n) is 18.6. The SMILES string of the molecule is CCC(CC)Oc1cccc(N(Cc2cn[nH]c2-c2ccc(C(F)(F)F)cc2)S(C)(=O)=O)c1. The number of alkyl halides is 3. The first kappa shape index (κ1) is 24.6. The first-order valence-electron chi connectivity index (χ1n) is 10.5. The number of nitrogens with one attached hydrogen (secondary N) is 1. The molecule has 0 atom stereocenters. The monoisotopic (exact) mass is 481 g/mol. The summed E-state index contributed by atoms with van der Waals surface area (Å²) >= 11 is 0.